The van der Waals surface area contributed by atoms with Gasteiger partial charge < -0.3 is 24.6 Å². The van der Waals surface area contributed by atoms with Crippen LogP contribution >= 0.6 is 11.3 Å². The van der Waals surface area contributed by atoms with E-state index in [1.807, 2.05) is 50.5 Å². The van der Waals surface area contributed by atoms with E-state index >= 15 is 0 Å². The Hall–Kier alpha value is -3.57. The maximum Gasteiger partial charge on any atom is 0.257 e. The number of amides is 2. The molecule has 5 rings (SSSR count). The molecule has 2 amide bonds. The van der Waals surface area contributed by atoms with E-state index in [0.29, 0.717) is 11.6 Å². The fraction of sp³-hybridized carbons (Fsp3) is 0.444. The number of carbonyl (C=O) groups is 2. The summed E-state index contributed by atoms with van der Waals surface area (Å²) in [5.41, 5.74) is 3.38. The molecule has 0 spiro atoms. The second-order valence-corrected chi connectivity index (χ2v) is 11.1. The third kappa shape index (κ3) is 4.49. The number of ether oxygens (including phenoxy) is 1. The fourth-order valence-corrected chi connectivity index (χ4v) is 5.99. The Morgan fingerprint density at radius 3 is 2.66 bits per heavy atom. The lowest BCUT2D eigenvalue weighted by Crippen LogP contribution is -2.48. The van der Waals surface area contributed by atoms with Crippen molar-refractivity contribution in [3.63, 3.8) is 0 Å². The largest absolute Gasteiger partial charge is 0.479 e. The van der Waals surface area contributed by atoms with E-state index in [2.05, 4.69) is 15.5 Å². The van der Waals surface area contributed by atoms with Gasteiger partial charge in [0, 0.05) is 19.0 Å². The zero-order chi connectivity index (χ0) is 27.2. The molecule has 11 heteroatoms. The lowest BCUT2D eigenvalue weighted by atomic mass is 9.91. The summed E-state index contributed by atoms with van der Waals surface area (Å²) in [6.45, 7) is 7.70. The Kier molecular flexibility index (Phi) is 6.83. The highest BCUT2D eigenvalue weighted by atomic mass is 32.1. The normalized spacial score (nSPS) is 24.0. The van der Waals surface area contributed by atoms with Gasteiger partial charge in [-0.25, -0.2) is 9.98 Å². The monoisotopic (exact) mass is 537 g/mol. The second-order valence-electron chi connectivity index (χ2n) is 10.3. The number of aryl methyl sites for hydroxylation is 1. The Labute approximate surface area is 224 Å². The van der Waals surface area contributed by atoms with Gasteiger partial charge in [-0.05, 0) is 36.0 Å². The van der Waals surface area contributed by atoms with Crippen LogP contribution in [0.25, 0.3) is 10.4 Å². The number of benzene rings is 1. The summed E-state index contributed by atoms with van der Waals surface area (Å²) in [7, 11) is 1.48. The average molecular weight is 538 g/mol. The zero-order valence-electron chi connectivity index (χ0n) is 22.0. The molecule has 38 heavy (non-hydrogen) atoms. The topological polar surface area (TPSA) is 130 Å². The van der Waals surface area contributed by atoms with Crippen molar-refractivity contribution in [2.45, 2.75) is 57.7 Å². The molecule has 2 aliphatic heterocycles. The molecule has 3 aromatic rings. The minimum Gasteiger partial charge on any atom is -0.479 e. The van der Waals surface area contributed by atoms with Crippen LogP contribution in [0.3, 0.4) is 0 Å². The maximum atomic E-state index is 13.8. The van der Waals surface area contributed by atoms with E-state index in [0.717, 1.165) is 21.7 Å². The highest BCUT2D eigenvalue weighted by Crippen LogP contribution is 2.36. The van der Waals surface area contributed by atoms with E-state index in [1.54, 1.807) is 29.2 Å². The van der Waals surface area contributed by atoms with Gasteiger partial charge in [0.25, 0.3) is 11.8 Å². The molecule has 1 fully saturated rings. The minimum atomic E-state index is -1.16. The van der Waals surface area contributed by atoms with Gasteiger partial charge in [-0.3, -0.25) is 9.59 Å². The second kappa shape index (κ2) is 9.95. The van der Waals surface area contributed by atoms with Crippen LogP contribution in [0.4, 0.5) is 0 Å². The van der Waals surface area contributed by atoms with Gasteiger partial charge in [0.2, 0.25) is 5.91 Å². The van der Waals surface area contributed by atoms with Gasteiger partial charge in [-0.1, -0.05) is 38.1 Å². The lowest BCUT2D eigenvalue weighted by Gasteiger charge is -2.29. The number of hydrogen-bond acceptors (Lipinski definition) is 9. The molecule has 0 unspecified atom stereocenters. The molecule has 0 aliphatic carbocycles. The van der Waals surface area contributed by atoms with E-state index in [-0.39, 0.29) is 36.6 Å². The maximum absolute atomic E-state index is 13.8. The standard InChI is InChI=1S/C27H31N5O5S/c1-14(2)22(20-11-21(36-5)31-37-20)25(34)32-12-18(33)10-19(32)24-29-26(35)27(4,30-24)17-8-6-16(7-9-17)23-15(3)28-13-38-23/h6-9,11,13-14,18-19,22,33H,10,12H2,1-5H3,(H,29,30,35)/t18-,19-,22-,27-/m1/s1. The Balaban J connectivity index is 1.43. The van der Waals surface area contributed by atoms with Crippen LogP contribution in [0, 0.1) is 12.8 Å². The predicted octanol–water partition coefficient (Wildman–Crippen LogP) is 3.26. The Morgan fingerprint density at radius 1 is 1.32 bits per heavy atom. The molecular weight excluding hydrogens is 506 g/mol. The number of nitrogens with one attached hydrogen (secondary N) is 1. The van der Waals surface area contributed by atoms with Gasteiger partial charge in [-0.15, -0.1) is 11.3 Å². The summed E-state index contributed by atoms with van der Waals surface area (Å²) in [5, 5.41) is 17.3. The van der Waals surface area contributed by atoms with Gasteiger partial charge >= 0.3 is 0 Å². The number of methoxy groups -OCH3 is 1. The van der Waals surface area contributed by atoms with Crippen LogP contribution in [-0.4, -0.2) is 63.6 Å². The first-order chi connectivity index (χ1) is 18.1. The van der Waals surface area contributed by atoms with Crippen molar-refractivity contribution in [1.82, 2.24) is 20.4 Å². The van der Waals surface area contributed by atoms with Crippen LogP contribution in [0.1, 0.15) is 50.1 Å². The molecule has 4 heterocycles. The number of aliphatic imine (C=N–C) groups is 1. The first-order valence-corrected chi connectivity index (χ1v) is 13.4. The number of amidine groups is 1. The summed E-state index contributed by atoms with van der Waals surface area (Å²) < 4.78 is 10.5. The smallest absolute Gasteiger partial charge is 0.257 e. The number of rotatable bonds is 7. The van der Waals surface area contributed by atoms with Crippen LogP contribution in [0.5, 0.6) is 5.88 Å². The summed E-state index contributed by atoms with van der Waals surface area (Å²) in [6, 6.07) is 8.77. The summed E-state index contributed by atoms with van der Waals surface area (Å²) in [6.07, 6.45) is -0.468. The summed E-state index contributed by atoms with van der Waals surface area (Å²) in [4.78, 5) is 38.8. The molecule has 1 aromatic carbocycles. The number of carbonyl (C=O) groups excluding carboxylic acids is 2. The van der Waals surface area contributed by atoms with E-state index < -0.39 is 23.6 Å². The molecular formula is C27H31N5O5S. The van der Waals surface area contributed by atoms with Crippen LogP contribution < -0.4 is 10.1 Å². The molecule has 0 bridgehead atoms. The van der Waals surface area contributed by atoms with E-state index in [9.17, 15) is 14.7 Å². The third-order valence-electron chi connectivity index (χ3n) is 7.32. The molecule has 10 nitrogen and oxygen atoms in total. The number of β-amino-alcohol motifs (C(OH)–C–C–N with tert-alkyl or cyclic N) is 1. The van der Waals surface area contributed by atoms with E-state index in [1.165, 1.54) is 7.11 Å². The SMILES string of the molecule is COc1cc([C@H](C(=O)N2C[C@H](O)C[C@@H]2C2=N[C@](C)(c3ccc(-c4scnc4C)cc3)C(=O)N2)C(C)C)on1. The molecule has 2 aliphatic rings. The van der Waals surface area contributed by atoms with Gasteiger partial charge in [-0.2, -0.15) is 0 Å². The number of likely N-dealkylation sites (tertiary alicyclic amines) is 1. The molecule has 2 aromatic heterocycles. The van der Waals surface area contributed by atoms with Gasteiger partial charge in [0.15, 0.2) is 11.3 Å². The van der Waals surface area contributed by atoms with Crippen molar-refractivity contribution in [2.75, 3.05) is 13.7 Å². The minimum absolute atomic E-state index is 0.107. The zero-order valence-corrected chi connectivity index (χ0v) is 22.8. The first kappa shape index (κ1) is 26.1. The highest BCUT2D eigenvalue weighted by Gasteiger charge is 2.48. The van der Waals surface area contributed by atoms with Crippen LogP contribution in [-0.2, 0) is 15.1 Å². The van der Waals surface area contributed by atoms with Gasteiger partial charge in [0.1, 0.15) is 11.8 Å². The molecule has 0 radical (unpaired) electrons. The summed E-state index contributed by atoms with van der Waals surface area (Å²) in [5.74, 6) is -0.187. The molecule has 2 N–H and O–H groups in total. The Morgan fingerprint density at radius 2 is 2.05 bits per heavy atom. The van der Waals surface area contributed by atoms with Gasteiger partial charge in [0.05, 0.1) is 35.3 Å². The predicted molar refractivity (Wildman–Crippen MR) is 142 cm³/mol. The van der Waals surface area contributed by atoms with Crippen LogP contribution in [0.2, 0.25) is 0 Å². The van der Waals surface area contributed by atoms with E-state index in [4.69, 9.17) is 14.3 Å². The van der Waals surface area contributed by atoms with Crippen molar-refractivity contribution in [3.8, 4) is 16.3 Å². The van der Waals surface area contributed by atoms with Crippen LogP contribution in [0.15, 0.2) is 45.4 Å². The number of aliphatic hydroxyl groups is 1. The quantitative estimate of drug-likeness (QED) is 0.473. The van der Waals surface area contributed by atoms with Crippen molar-refractivity contribution in [3.05, 3.63) is 52.9 Å². The molecule has 4 atom stereocenters. The first-order valence-electron chi connectivity index (χ1n) is 12.5. The molecule has 200 valence electrons. The highest BCUT2D eigenvalue weighted by molar-refractivity contribution is 7.13. The average Bonchev–Trinajstić information content (AvgIpc) is 3.67. The third-order valence-corrected chi connectivity index (χ3v) is 8.29. The lowest BCUT2D eigenvalue weighted by molar-refractivity contribution is -0.134. The molecule has 0 saturated carbocycles. The number of nitrogens with zero attached hydrogens (tertiary/aromatic N) is 4. The van der Waals surface area contributed by atoms with Crippen molar-refractivity contribution in [2.24, 2.45) is 10.9 Å². The van der Waals surface area contributed by atoms with Crippen molar-refractivity contribution >= 4 is 29.0 Å². The van der Waals surface area contributed by atoms with Crippen molar-refractivity contribution < 1.29 is 24.0 Å². The Bertz CT molecular complexity index is 1380. The molecule has 1 saturated heterocycles. The fourth-order valence-electron chi connectivity index (χ4n) is 5.18. The number of hydrogen-bond donors (Lipinski definition) is 2. The number of thiazole rings is 1. The number of aliphatic hydroxyl groups excluding tert-OH is 1. The van der Waals surface area contributed by atoms with Crippen molar-refractivity contribution in [1.29, 1.82) is 0 Å². The number of aromatic nitrogens is 2. The summed E-state index contributed by atoms with van der Waals surface area (Å²) >= 11 is 1.57.